The van der Waals surface area contributed by atoms with Gasteiger partial charge >= 0.3 is 0 Å². The largest absolute Gasteiger partial charge is 0.333 e. The molecule has 0 N–H and O–H groups in total. The Kier molecular flexibility index (Phi) is 8.21. The van der Waals surface area contributed by atoms with Crippen LogP contribution in [0.15, 0.2) is 29.1 Å². The number of fused-ring (bicyclic) bond motifs is 1. The summed E-state index contributed by atoms with van der Waals surface area (Å²) in [4.78, 5) is 32.7. The van der Waals surface area contributed by atoms with Gasteiger partial charge in [0.05, 0.1) is 16.9 Å². The van der Waals surface area contributed by atoms with Crippen LogP contribution < -0.4 is 5.56 Å². The number of aromatic nitrogens is 2. The third-order valence-electron chi connectivity index (χ3n) is 5.34. The standard InChI is InChI=1S/C23H35N3O2/c1-6-8-9-14-21(27)26(16-15-17(3)4)20(7-2)22-24-19-13-11-10-12-18(19)23(28)25(22)5/h10-13,17,20H,6-9,14-16H2,1-5H3. The van der Waals surface area contributed by atoms with Gasteiger partial charge in [-0.1, -0.05) is 52.7 Å². The van der Waals surface area contributed by atoms with Crippen molar-refractivity contribution in [2.24, 2.45) is 13.0 Å². The molecule has 0 aliphatic carbocycles. The lowest BCUT2D eigenvalue weighted by Crippen LogP contribution is -2.39. The van der Waals surface area contributed by atoms with Crippen molar-refractivity contribution in [3.63, 3.8) is 0 Å². The van der Waals surface area contributed by atoms with E-state index in [0.717, 1.165) is 32.1 Å². The molecule has 154 valence electrons. The first-order chi connectivity index (χ1) is 13.4. The molecule has 0 saturated carbocycles. The van der Waals surface area contributed by atoms with Gasteiger partial charge in [-0.3, -0.25) is 14.2 Å². The lowest BCUT2D eigenvalue weighted by molar-refractivity contribution is -0.134. The van der Waals surface area contributed by atoms with Gasteiger partial charge in [0.2, 0.25) is 5.91 Å². The summed E-state index contributed by atoms with van der Waals surface area (Å²) in [6.45, 7) is 9.25. The zero-order valence-corrected chi connectivity index (χ0v) is 18.1. The van der Waals surface area contributed by atoms with E-state index >= 15 is 0 Å². The number of rotatable bonds is 10. The summed E-state index contributed by atoms with van der Waals surface area (Å²) in [5, 5.41) is 0.617. The highest BCUT2D eigenvalue weighted by Crippen LogP contribution is 2.25. The minimum Gasteiger partial charge on any atom is -0.333 e. The monoisotopic (exact) mass is 385 g/mol. The van der Waals surface area contributed by atoms with Crippen LogP contribution >= 0.6 is 0 Å². The molecular formula is C23H35N3O2. The highest BCUT2D eigenvalue weighted by atomic mass is 16.2. The molecule has 0 bridgehead atoms. The van der Waals surface area contributed by atoms with Crippen LogP contribution in [0.4, 0.5) is 0 Å². The van der Waals surface area contributed by atoms with Crippen molar-refractivity contribution in [1.29, 1.82) is 0 Å². The van der Waals surface area contributed by atoms with Crippen LogP contribution in [0.1, 0.15) is 78.1 Å². The van der Waals surface area contributed by atoms with E-state index in [0.29, 0.717) is 35.6 Å². The summed E-state index contributed by atoms with van der Waals surface area (Å²) in [7, 11) is 1.77. The third kappa shape index (κ3) is 5.21. The molecular weight excluding hydrogens is 350 g/mol. The molecule has 1 heterocycles. The SMILES string of the molecule is CCCCCC(=O)N(CCC(C)C)C(CC)c1nc2ccccc2c(=O)n1C. The highest BCUT2D eigenvalue weighted by molar-refractivity contribution is 5.78. The molecule has 1 unspecified atom stereocenters. The minimum atomic E-state index is -0.185. The van der Waals surface area contributed by atoms with Gasteiger partial charge in [-0.25, -0.2) is 4.98 Å². The third-order valence-corrected chi connectivity index (χ3v) is 5.34. The topological polar surface area (TPSA) is 55.2 Å². The lowest BCUT2D eigenvalue weighted by Gasteiger charge is -2.32. The van der Waals surface area contributed by atoms with E-state index in [4.69, 9.17) is 4.98 Å². The number of hydrogen-bond donors (Lipinski definition) is 0. The van der Waals surface area contributed by atoms with Gasteiger partial charge in [-0.2, -0.15) is 0 Å². The molecule has 0 aliphatic heterocycles. The van der Waals surface area contributed by atoms with E-state index in [1.54, 1.807) is 11.6 Å². The molecule has 0 spiro atoms. The first-order valence-electron chi connectivity index (χ1n) is 10.7. The maximum absolute atomic E-state index is 13.1. The number of unbranched alkanes of at least 4 members (excludes halogenated alkanes) is 2. The van der Waals surface area contributed by atoms with E-state index < -0.39 is 0 Å². The average Bonchev–Trinajstić information content (AvgIpc) is 2.68. The summed E-state index contributed by atoms with van der Waals surface area (Å²) in [5.74, 6) is 1.36. The number of benzene rings is 1. The van der Waals surface area contributed by atoms with Crippen molar-refractivity contribution in [3.8, 4) is 0 Å². The molecule has 2 rings (SSSR count). The predicted octanol–water partition coefficient (Wildman–Crippen LogP) is 4.84. The van der Waals surface area contributed by atoms with Crippen LogP contribution in [-0.2, 0) is 11.8 Å². The quantitative estimate of drug-likeness (QED) is 0.550. The molecule has 0 saturated heterocycles. The van der Waals surface area contributed by atoms with E-state index in [1.165, 1.54) is 0 Å². The van der Waals surface area contributed by atoms with Gasteiger partial charge in [-0.15, -0.1) is 0 Å². The van der Waals surface area contributed by atoms with Crippen molar-refractivity contribution >= 4 is 16.8 Å². The molecule has 5 heteroatoms. The summed E-state index contributed by atoms with van der Waals surface area (Å²) >= 11 is 0. The van der Waals surface area contributed by atoms with Gasteiger partial charge in [0, 0.05) is 20.0 Å². The molecule has 0 fully saturated rings. The summed E-state index contributed by atoms with van der Waals surface area (Å²) in [5.41, 5.74) is 0.641. The van der Waals surface area contributed by atoms with E-state index in [2.05, 4.69) is 27.7 Å². The summed E-state index contributed by atoms with van der Waals surface area (Å²) in [6.07, 6.45) is 5.30. The Morgan fingerprint density at radius 2 is 1.89 bits per heavy atom. The van der Waals surface area contributed by atoms with Crippen molar-refractivity contribution in [2.45, 2.75) is 72.3 Å². The number of hydrogen-bond acceptors (Lipinski definition) is 3. The van der Waals surface area contributed by atoms with Crippen molar-refractivity contribution in [2.75, 3.05) is 6.54 Å². The molecule has 1 amide bonds. The Balaban J connectivity index is 2.44. The highest BCUT2D eigenvalue weighted by Gasteiger charge is 2.27. The lowest BCUT2D eigenvalue weighted by atomic mass is 10.1. The smallest absolute Gasteiger partial charge is 0.261 e. The maximum atomic E-state index is 13.1. The number of nitrogens with zero attached hydrogens (tertiary/aromatic N) is 3. The Morgan fingerprint density at radius 1 is 1.18 bits per heavy atom. The van der Waals surface area contributed by atoms with Crippen LogP contribution in [0.25, 0.3) is 10.9 Å². The van der Waals surface area contributed by atoms with Gasteiger partial charge in [0.1, 0.15) is 5.82 Å². The summed E-state index contributed by atoms with van der Waals surface area (Å²) in [6, 6.07) is 7.24. The number of carbonyl (C=O) groups is 1. The van der Waals surface area contributed by atoms with Crippen LogP contribution in [0, 0.1) is 5.92 Å². The zero-order chi connectivity index (χ0) is 20.7. The molecule has 2 aromatic rings. The summed E-state index contributed by atoms with van der Waals surface area (Å²) < 4.78 is 1.62. The fraction of sp³-hybridized carbons (Fsp3) is 0.609. The van der Waals surface area contributed by atoms with Crippen LogP contribution in [0.3, 0.4) is 0 Å². The fourth-order valence-corrected chi connectivity index (χ4v) is 3.60. The normalized spacial score (nSPS) is 12.5. The average molecular weight is 386 g/mol. The van der Waals surface area contributed by atoms with E-state index in [1.807, 2.05) is 29.2 Å². The molecule has 1 atom stereocenters. The second kappa shape index (κ2) is 10.4. The predicted molar refractivity (Wildman–Crippen MR) is 115 cm³/mol. The maximum Gasteiger partial charge on any atom is 0.261 e. The molecule has 28 heavy (non-hydrogen) atoms. The van der Waals surface area contributed by atoms with Gasteiger partial charge in [0.15, 0.2) is 0 Å². The van der Waals surface area contributed by atoms with Crippen molar-refractivity contribution in [1.82, 2.24) is 14.5 Å². The number of para-hydroxylation sites is 1. The number of amides is 1. The number of carbonyl (C=O) groups excluding carboxylic acids is 1. The van der Waals surface area contributed by atoms with Crippen LogP contribution in [0.5, 0.6) is 0 Å². The Labute approximate surface area is 168 Å². The van der Waals surface area contributed by atoms with E-state index in [9.17, 15) is 9.59 Å². The Hall–Kier alpha value is -2.17. The minimum absolute atomic E-state index is 0.0544. The molecule has 5 nitrogen and oxygen atoms in total. The molecule has 1 aromatic carbocycles. The fourth-order valence-electron chi connectivity index (χ4n) is 3.60. The second-order valence-corrected chi connectivity index (χ2v) is 8.00. The van der Waals surface area contributed by atoms with E-state index in [-0.39, 0.29) is 17.5 Å². The van der Waals surface area contributed by atoms with Crippen molar-refractivity contribution < 1.29 is 4.79 Å². The van der Waals surface area contributed by atoms with Gasteiger partial charge in [0.25, 0.3) is 5.56 Å². The molecule has 0 aliphatic rings. The zero-order valence-electron chi connectivity index (χ0n) is 18.1. The van der Waals surface area contributed by atoms with Crippen molar-refractivity contribution in [3.05, 3.63) is 40.4 Å². The first-order valence-corrected chi connectivity index (χ1v) is 10.7. The van der Waals surface area contributed by atoms with Gasteiger partial charge in [-0.05, 0) is 37.3 Å². The van der Waals surface area contributed by atoms with Crippen LogP contribution in [-0.4, -0.2) is 26.9 Å². The van der Waals surface area contributed by atoms with Crippen LogP contribution in [0.2, 0.25) is 0 Å². The Morgan fingerprint density at radius 3 is 2.54 bits per heavy atom. The Bertz CT molecular complexity index is 841. The molecule has 0 radical (unpaired) electrons. The molecule has 1 aromatic heterocycles. The first kappa shape index (κ1) is 22.1. The second-order valence-electron chi connectivity index (χ2n) is 8.00. The van der Waals surface area contributed by atoms with Gasteiger partial charge < -0.3 is 4.90 Å².